The first-order valence-corrected chi connectivity index (χ1v) is 5.13. The molecule has 0 atom stereocenters. The SMILES string of the molecule is CCN(CC#N)CC(F)(F)c1ccccc1. The lowest BCUT2D eigenvalue weighted by Gasteiger charge is -2.24. The highest BCUT2D eigenvalue weighted by Crippen LogP contribution is 2.28. The Kier molecular flexibility index (Phi) is 4.39. The number of hydrogen-bond acceptors (Lipinski definition) is 2. The van der Waals surface area contributed by atoms with Gasteiger partial charge in [0, 0.05) is 5.56 Å². The van der Waals surface area contributed by atoms with Crippen LogP contribution in [0.5, 0.6) is 0 Å². The maximum atomic E-state index is 13.8. The van der Waals surface area contributed by atoms with Crippen LogP contribution in [0.2, 0.25) is 0 Å². The lowest BCUT2D eigenvalue weighted by Crippen LogP contribution is -2.35. The average Bonchev–Trinajstić information content (AvgIpc) is 2.29. The topological polar surface area (TPSA) is 27.0 Å². The van der Waals surface area contributed by atoms with E-state index in [0.29, 0.717) is 6.54 Å². The van der Waals surface area contributed by atoms with E-state index in [0.717, 1.165) is 0 Å². The summed E-state index contributed by atoms with van der Waals surface area (Å²) in [6, 6.07) is 9.57. The van der Waals surface area contributed by atoms with Gasteiger partial charge in [0.1, 0.15) is 0 Å². The Balaban J connectivity index is 2.75. The molecule has 16 heavy (non-hydrogen) atoms. The summed E-state index contributed by atoms with van der Waals surface area (Å²) in [7, 11) is 0. The van der Waals surface area contributed by atoms with E-state index in [4.69, 9.17) is 5.26 Å². The smallest absolute Gasteiger partial charge is 0.284 e. The van der Waals surface area contributed by atoms with Crippen LogP contribution in [0.25, 0.3) is 0 Å². The van der Waals surface area contributed by atoms with E-state index in [-0.39, 0.29) is 12.1 Å². The Morgan fingerprint density at radius 2 is 1.94 bits per heavy atom. The minimum Gasteiger partial charge on any atom is -0.284 e. The van der Waals surface area contributed by atoms with E-state index in [1.165, 1.54) is 17.0 Å². The Morgan fingerprint density at radius 3 is 2.44 bits per heavy atom. The molecular weight excluding hydrogens is 210 g/mol. The number of nitrogens with zero attached hydrogens (tertiary/aromatic N) is 2. The van der Waals surface area contributed by atoms with E-state index >= 15 is 0 Å². The van der Waals surface area contributed by atoms with E-state index in [1.54, 1.807) is 25.1 Å². The molecule has 0 aliphatic rings. The first-order chi connectivity index (χ1) is 7.60. The molecule has 0 amide bonds. The standard InChI is InChI=1S/C12H14F2N2/c1-2-16(9-8-15)10-12(13,14)11-6-4-3-5-7-11/h3-7H,2,9-10H2,1H3. The van der Waals surface area contributed by atoms with Crippen LogP contribution in [0, 0.1) is 11.3 Å². The minimum atomic E-state index is -2.91. The Bertz CT molecular complexity index is 357. The number of hydrogen-bond donors (Lipinski definition) is 0. The van der Waals surface area contributed by atoms with Crippen LogP contribution in [-0.4, -0.2) is 24.5 Å². The van der Waals surface area contributed by atoms with Crippen LogP contribution in [0.3, 0.4) is 0 Å². The maximum Gasteiger partial charge on any atom is 0.285 e. The van der Waals surface area contributed by atoms with Crippen molar-refractivity contribution >= 4 is 0 Å². The van der Waals surface area contributed by atoms with E-state index in [2.05, 4.69) is 0 Å². The van der Waals surface area contributed by atoms with E-state index in [1.807, 2.05) is 6.07 Å². The van der Waals surface area contributed by atoms with Crippen LogP contribution in [0.4, 0.5) is 8.78 Å². The highest BCUT2D eigenvalue weighted by atomic mass is 19.3. The van der Waals surface area contributed by atoms with Gasteiger partial charge in [-0.05, 0) is 6.54 Å². The van der Waals surface area contributed by atoms with Crippen LogP contribution in [0.15, 0.2) is 30.3 Å². The van der Waals surface area contributed by atoms with Crippen LogP contribution >= 0.6 is 0 Å². The second-order valence-corrected chi connectivity index (χ2v) is 3.53. The molecule has 86 valence electrons. The molecular formula is C12H14F2N2. The van der Waals surface area contributed by atoms with Gasteiger partial charge in [0.25, 0.3) is 5.92 Å². The molecule has 0 saturated heterocycles. The molecule has 0 aliphatic heterocycles. The lowest BCUT2D eigenvalue weighted by molar-refractivity contribution is -0.0340. The van der Waals surface area contributed by atoms with Crippen molar-refractivity contribution in [2.24, 2.45) is 0 Å². The predicted molar refractivity (Wildman–Crippen MR) is 58.1 cm³/mol. The Labute approximate surface area is 94.1 Å². The number of halogens is 2. The van der Waals surface area contributed by atoms with Gasteiger partial charge in [0.15, 0.2) is 0 Å². The van der Waals surface area contributed by atoms with Crippen LogP contribution in [-0.2, 0) is 5.92 Å². The molecule has 4 heteroatoms. The van der Waals surface area contributed by atoms with Crippen LogP contribution < -0.4 is 0 Å². The summed E-state index contributed by atoms with van der Waals surface area (Å²) in [6.45, 7) is 1.81. The fourth-order valence-electron chi connectivity index (χ4n) is 1.43. The summed E-state index contributed by atoms with van der Waals surface area (Å²) in [6.07, 6.45) is 0. The molecule has 1 rings (SSSR count). The zero-order valence-electron chi connectivity index (χ0n) is 9.16. The molecule has 0 spiro atoms. The quantitative estimate of drug-likeness (QED) is 0.719. The molecule has 0 aliphatic carbocycles. The van der Waals surface area contributed by atoms with E-state index in [9.17, 15) is 8.78 Å². The molecule has 0 aromatic heterocycles. The monoisotopic (exact) mass is 224 g/mol. The fraction of sp³-hybridized carbons (Fsp3) is 0.417. The van der Waals surface area contributed by atoms with Gasteiger partial charge >= 0.3 is 0 Å². The number of benzene rings is 1. The molecule has 0 N–H and O–H groups in total. The van der Waals surface area contributed by atoms with Crippen molar-refractivity contribution in [2.75, 3.05) is 19.6 Å². The minimum absolute atomic E-state index is 0.00797. The molecule has 0 bridgehead atoms. The molecule has 0 heterocycles. The van der Waals surface area contributed by atoms with Crippen molar-refractivity contribution in [1.82, 2.24) is 4.90 Å². The van der Waals surface area contributed by atoms with Crippen molar-refractivity contribution in [3.63, 3.8) is 0 Å². The van der Waals surface area contributed by atoms with Gasteiger partial charge in [-0.2, -0.15) is 14.0 Å². The lowest BCUT2D eigenvalue weighted by atomic mass is 10.1. The first-order valence-electron chi connectivity index (χ1n) is 5.13. The Morgan fingerprint density at radius 1 is 1.31 bits per heavy atom. The summed E-state index contributed by atoms with van der Waals surface area (Å²) in [5, 5.41) is 8.50. The number of nitriles is 1. The summed E-state index contributed by atoms with van der Waals surface area (Å²) >= 11 is 0. The summed E-state index contributed by atoms with van der Waals surface area (Å²) in [5.41, 5.74) is -0.00797. The van der Waals surface area contributed by atoms with Gasteiger partial charge in [0.2, 0.25) is 0 Å². The second-order valence-electron chi connectivity index (χ2n) is 3.53. The third-order valence-corrected chi connectivity index (χ3v) is 2.36. The second kappa shape index (κ2) is 5.57. The van der Waals surface area contributed by atoms with Crippen molar-refractivity contribution < 1.29 is 8.78 Å². The molecule has 1 aromatic rings. The van der Waals surface area contributed by atoms with Gasteiger partial charge in [-0.25, -0.2) is 0 Å². The highest BCUT2D eigenvalue weighted by molar-refractivity contribution is 5.20. The number of rotatable bonds is 5. The molecule has 1 aromatic carbocycles. The predicted octanol–water partition coefficient (Wildman–Crippen LogP) is 2.62. The molecule has 0 unspecified atom stereocenters. The molecule has 0 radical (unpaired) electrons. The van der Waals surface area contributed by atoms with Crippen molar-refractivity contribution in [3.8, 4) is 6.07 Å². The van der Waals surface area contributed by atoms with Gasteiger partial charge < -0.3 is 0 Å². The van der Waals surface area contributed by atoms with Crippen molar-refractivity contribution in [2.45, 2.75) is 12.8 Å². The summed E-state index contributed by atoms with van der Waals surface area (Å²) < 4.78 is 27.5. The third-order valence-electron chi connectivity index (χ3n) is 2.36. The zero-order chi connectivity index (χ0) is 12.0. The van der Waals surface area contributed by atoms with Crippen molar-refractivity contribution in [3.05, 3.63) is 35.9 Å². The average molecular weight is 224 g/mol. The molecule has 0 saturated carbocycles. The highest BCUT2D eigenvalue weighted by Gasteiger charge is 2.33. The van der Waals surface area contributed by atoms with Crippen molar-refractivity contribution in [1.29, 1.82) is 5.26 Å². The number of likely N-dealkylation sites (N-methyl/N-ethyl adjacent to an activating group) is 1. The van der Waals surface area contributed by atoms with Crippen LogP contribution in [0.1, 0.15) is 12.5 Å². The van der Waals surface area contributed by atoms with Gasteiger partial charge in [0.05, 0.1) is 19.2 Å². The first kappa shape index (κ1) is 12.6. The zero-order valence-corrected chi connectivity index (χ0v) is 9.16. The fourth-order valence-corrected chi connectivity index (χ4v) is 1.43. The summed E-state index contributed by atoms with van der Waals surface area (Å²) in [5.74, 6) is -2.91. The summed E-state index contributed by atoms with van der Waals surface area (Å²) in [4.78, 5) is 1.42. The largest absolute Gasteiger partial charge is 0.285 e. The van der Waals surface area contributed by atoms with Gasteiger partial charge in [-0.3, -0.25) is 4.90 Å². The van der Waals surface area contributed by atoms with Gasteiger partial charge in [-0.15, -0.1) is 0 Å². The molecule has 2 nitrogen and oxygen atoms in total. The maximum absolute atomic E-state index is 13.8. The normalized spacial score (nSPS) is 11.4. The molecule has 0 fully saturated rings. The Hall–Kier alpha value is -1.47. The van der Waals surface area contributed by atoms with Gasteiger partial charge in [-0.1, -0.05) is 37.3 Å². The third kappa shape index (κ3) is 3.28. The number of alkyl halides is 2. The van der Waals surface area contributed by atoms with E-state index < -0.39 is 12.5 Å².